The minimum atomic E-state index is -0.470. The Balaban J connectivity index is 1.63. The van der Waals surface area contributed by atoms with Gasteiger partial charge in [0.05, 0.1) is 29.4 Å². The van der Waals surface area contributed by atoms with Gasteiger partial charge in [-0.3, -0.25) is 5.41 Å². The lowest BCUT2D eigenvalue weighted by Crippen LogP contribution is -2.29. The Morgan fingerprint density at radius 2 is 1.82 bits per heavy atom. The summed E-state index contributed by atoms with van der Waals surface area (Å²) in [5.74, 6) is 1.54. The molecule has 1 aliphatic rings. The molecule has 0 fully saturated rings. The number of rotatable bonds is 4. The van der Waals surface area contributed by atoms with E-state index in [4.69, 9.17) is 9.83 Å². The largest absolute Gasteiger partial charge is 0.509 e. The number of aliphatic hydroxyl groups is 1. The predicted molar refractivity (Wildman–Crippen MR) is 107 cm³/mol. The average molecular weight is 370 g/mol. The fourth-order valence-electron chi connectivity index (χ4n) is 3.70. The Morgan fingerprint density at radius 3 is 2.57 bits per heavy atom. The third-order valence-electron chi connectivity index (χ3n) is 5.00. The first-order chi connectivity index (χ1) is 13.7. The number of fused-ring (bicyclic) bond motifs is 1. The lowest BCUT2D eigenvalue weighted by atomic mass is 10.0. The van der Waals surface area contributed by atoms with Crippen molar-refractivity contribution in [1.82, 2.24) is 14.9 Å². The summed E-state index contributed by atoms with van der Waals surface area (Å²) in [4.78, 5) is 9.65. The van der Waals surface area contributed by atoms with Gasteiger partial charge in [-0.1, -0.05) is 42.5 Å². The Morgan fingerprint density at radius 1 is 1.04 bits per heavy atom. The molecule has 1 aliphatic heterocycles. The quantitative estimate of drug-likeness (QED) is 0.487. The van der Waals surface area contributed by atoms with Crippen LogP contribution in [0.5, 0.6) is 0 Å². The normalized spacial score (nSPS) is 17.1. The molecule has 138 valence electrons. The number of para-hydroxylation sites is 2. The minimum absolute atomic E-state index is 0.113. The molecule has 3 N–H and O–H groups in total. The van der Waals surface area contributed by atoms with Crippen LogP contribution >= 0.6 is 0 Å². The summed E-state index contributed by atoms with van der Waals surface area (Å²) >= 11 is 0. The summed E-state index contributed by atoms with van der Waals surface area (Å²) in [6, 6.07) is 20.6. The zero-order valence-electron chi connectivity index (χ0n) is 15.0. The van der Waals surface area contributed by atoms with Crippen LogP contribution in [0.3, 0.4) is 0 Å². The predicted octanol–water partition coefficient (Wildman–Crippen LogP) is 4.66. The fourth-order valence-corrected chi connectivity index (χ4v) is 3.70. The van der Waals surface area contributed by atoms with Crippen molar-refractivity contribution in [3.8, 4) is 0 Å². The van der Waals surface area contributed by atoms with Gasteiger partial charge in [-0.15, -0.1) is 0 Å². The maximum Gasteiger partial charge on any atom is 0.145 e. The SMILES string of the molecule is N=C1C(c2nc3ccccc3[nH]2)=C(O)[C@H](c2ccccc2)N1Cc1ccco1. The molecule has 0 unspecified atom stereocenters. The molecule has 4 aromatic rings. The van der Waals surface area contributed by atoms with Gasteiger partial charge in [0.15, 0.2) is 0 Å². The molecule has 0 aliphatic carbocycles. The van der Waals surface area contributed by atoms with Gasteiger partial charge < -0.3 is 19.4 Å². The highest BCUT2D eigenvalue weighted by atomic mass is 16.3. The molecule has 28 heavy (non-hydrogen) atoms. The van der Waals surface area contributed by atoms with Crippen LogP contribution in [0.25, 0.3) is 16.6 Å². The van der Waals surface area contributed by atoms with Gasteiger partial charge in [0.25, 0.3) is 0 Å². The number of H-pyrrole nitrogens is 1. The Hall–Kier alpha value is -3.80. The number of hydrogen-bond acceptors (Lipinski definition) is 4. The summed E-state index contributed by atoms with van der Waals surface area (Å²) in [5, 5.41) is 19.9. The topological polar surface area (TPSA) is 89.1 Å². The third-order valence-corrected chi connectivity index (χ3v) is 5.00. The summed E-state index contributed by atoms with van der Waals surface area (Å²) in [7, 11) is 0. The Labute approximate surface area is 161 Å². The molecular weight excluding hydrogens is 352 g/mol. The van der Waals surface area contributed by atoms with Gasteiger partial charge in [-0.05, 0) is 29.8 Å². The second kappa shape index (κ2) is 6.42. The first-order valence-electron chi connectivity index (χ1n) is 9.03. The number of benzene rings is 2. The summed E-state index contributed by atoms with van der Waals surface area (Å²) < 4.78 is 5.49. The molecule has 2 aromatic carbocycles. The van der Waals surface area contributed by atoms with Crippen molar-refractivity contribution in [2.75, 3.05) is 0 Å². The highest BCUT2D eigenvalue weighted by Crippen LogP contribution is 2.41. The molecule has 0 saturated heterocycles. The molecule has 0 spiro atoms. The van der Waals surface area contributed by atoms with E-state index in [2.05, 4.69) is 9.97 Å². The average Bonchev–Trinajstić information content (AvgIpc) is 3.42. The third kappa shape index (κ3) is 2.58. The van der Waals surface area contributed by atoms with Crippen LogP contribution in [-0.2, 0) is 6.54 Å². The van der Waals surface area contributed by atoms with Crippen molar-refractivity contribution < 1.29 is 9.52 Å². The standard InChI is InChI=1S/C22H18N4O2/c23-21-18(22-24-16-10-4-5-11-17(16)25-22)20(27)19(14-7-2-1-3-8-14)26(21)13-15-9-6-12-28-15/h1-12,19,23,27H,13H2,(H,24,25)/t19-/m0/s1. The van der Waals surface area contributed by atoms with Crippen LogP contribution < -0.4 is 0 Å². The Kier molecular flexibility index (Phi) is 3.76. The highest BCUT2D eigenvalue weighted by molar-refractivity contribution is 6.23. The van der Waals surface area contributed by atoms with Gasteiger partial charge in [0.1, 0.15) is 29.2 Å². The second-order valence-corrected chi connectivity index (χ2v) is 6.73. The van der Waals surface area contributed by atoms with Crippen molar-refractivity contribution >= 4 is 22.4 Å². The van der Waals surface area contributed by atoms with Crippen LogP contribution in [0, 0.1) is 5.41 Å². The minimum Gasteiger partial charge on any atom is -0.509 e. The number of aromatic nitrogens is 2. The van der Waals surface area contributed by atoms with Gasteiger partial charge in [0, 0.05) is 0 Å². The molecule has 6 nitrogen and oxygen atoms in total. The van der Waals surface area contributed by atoms with Crippen LogP contribution in [-0.4, -0.2) is 25.8 Å². The number of hydrogen-bond donors (Lipinski definition) is 3. The molecule has 5 rings (SSSR count). The van der Waals surface area contributed by atoms with Gasteiger partial charge >= 0.3 is 0 Å². The van der Waals surface area contributed by atoms with E-state index in [1.54, 1.807) is 6.26 Å². The van der Waals surface area contributed by atoms with E-state index in [-0.39, 0.29) is 11.6 Å². The number of furan rings is 1. The molecule has 0 saturated carbocycles. The number of amidine groups is 1. The second-order valence-electron chi connectivity index (χ2n) is 6.73. The number of aliphatic hydroxyl groups excluding tert-OH is 1. The van der Waals surface area contributed by atoms with E-state index in [1.807, 2.05) is 71.6 Å². The van der Waals surface area contributed by atoms with Crippen molar-refractivity contribution in [2.45, 2.75) is 12.6 Å². The maximum absolute atomic E-state index is 11.2. The molecule has 1 atom stereocenters. The zero-order valence-corrected chi connectivity index (χ0v) is 15.0. The summed E-state index contributed by atoms with van der Waals surface area (Å²) in [5.41, 5.74) is 2.98. The molecular formula is C22H18N4O2. The maximum atomic E-state index is 11.2. The van der Waals surface area contributed by atoms with Crippen LogP contribution in [0.1, 0.15) is 23.2 Å². The smallest absolute Gasteiger partial charge is 0.145 e. The molecule has 6 heteroatoms. The van der Waals surface area contributed by atoms with Crippen LogP contribution in [0.2, 0.25) is 0 Å². The molecule has 2 aromatic heterocycles. The van der Waals surface area contributed by atoms with E-state index in [1.165, 1.54) is 0 Å². The fraction of sp³-hybridized carbons (Fsp3) is 0.0909. The van der Waals surface area contributed by atoms with E-state index >= 15 is 0 Å². The molecule has 0 amide bonds. The number of nitrogens with zero attached hydrogens (tertiary/aromatic N) is 2. The monoisotopic (exact) mass is 370 g/mol. The first kappa shape index (κ1) is 16.4. The summed E-state index contributed by atoms with van der Waals surface area (Å²) in [6.07, 6.45) is 1.61. The molecule has 0 bridgehead atoms. The van der Waals surface area contributed by atoms with Crippen LogP contribution in [0.4, 0.5) is 0 Å². The molecule has 0 radical (unpaired) electrons. The Bertz CT molecular complexity index is 1140. The van der Waals surface area contributed by atoms with Gasteiger partial charge in [0.2, 0.25) is 0 Å². The number of aromatic amines is 1. The van der Waals surface area contributed by atoms with Gasteiger partial charge in [-0.25, -0.2) is 4.98 Å². The van der Waals surface area contributed by atoms with E-state index in [9.17, 15) is 5.11 Å². The summed E-state index contributed by atoms with van der Waals surface area (Å²) in [6.45, 7) is 0.374. The van der Waals surface area contributed by atoms with Crippen molar-refractivity contribution in [3.63, 3.8) is 0 Å². The lowest BCUT2D eigenvalue weighted by molar-refractivity contribution is 0.256. The highest BCUT2D eigenvalue weighted by Gasteiger charge is 2.40. The van der Waals surface area contributed by atoms with Crippen molar-refractivity contribution in [3.05, 3.63) is 95.9 Å². The molecule has 3 heterocycles. The first-order valence-corrected chi connectivity index (χ1v) is 9.03. The van der Waals surface area contributed by atoms with Gasteiger partial charge in [-0.2, -0.15) is 0 Å². The van der Waals surface area contributed by atoms with Crippen molar-refractivity contribution in [1.29, 1.82) is 5.41 Å². The van der Waals surface area contributed by atoms with E-state index in [0.29, 0.717) is 17.9 Å². The number of imidazole rings is 1. The van der Waals surface area contributed by atoms with E-state index in [0.717, 1.165) is 22.4 Å². The van der Waals surface area contributed by atoms with E-state index < -0.39 is 6.04 Å². The van der Waals surface area contributed by atoms with Crippen molar-refractivity contribution in [2.24, 2.45) is 0 Å². The number of nitrogens with one attached hydrogen (secondary N) is 2. The zero-order chi connectivity index (χ0) is 19.1. The lowest BCUT2D eigenvalue weighted by Gasteiger charge is -2.26. The van der Waals surface area contributed by atoms with Crippen LogP contribution in [0.15, 0.2) is 83.2 Å².